The second-order valence-corrected chi connectivity index (χ2v) is 5.40. The topological polar surface area (TPSA) is 71.5 Å². The molecule has 3 heterocycles. The third-order valence-electron chi connectivity index (χ3n) is 3.74. The summed E-state index contributed by atoms with van der Waals surface area (Å²) in [5.74, 6) is 1.44. The minimum Gasteiger partial charge on any atom is -0.455 e. The van der Waals surface area contributed by atoms with Gasteiger partial charge in [-0.25, -0.2) is 0 Å². The predicted molar refractivity (Wildman–Crippen MR) is 77.1 cm³/mol. The number of hydrogen-bond acceptors (Lipinski definition) is 5. The largest absolute Gasteiger partial charge is 0.455 e. The van der Waals surface area contributed by atoms with Crippen molar-refractivity contribution in [2.24, 2.45) is 0 Å². The monoisotopic (exact) mass is 289 g/mol. The van der Waals surface area contributed by atoms with Gasteiger partial charge >= 0.3 is 0 Å². The lowest BCUT2D eigenvalue weighted by Gasteiger charge is -2.11. The number of anilines is 1. The maximum absolute atomic E-state index is 12.2. The molecule has 0 aromatic carbocycles. The molecule has 6 heteroatoms. The SMILES string of the molecule is Cc1noc(C)c1NC(=O)c1ccc(CN2CCCC2)o1. The molecule has 0 saturated carbocycles. The van der Waals surface area contributed by atoms with Gasteiger partial charge < -0.3 is 14.3 Å². The maximum Gasteiger partial charge on any atom is 0.291 e. The molecule has 2 aromatic heterocycles. The van der Waals surface area contributed by atoms with Crippen LogP contribution in [-0.2, 0) is 6.54 Å². The Morgan fingerprint density at radius 2 is 2.10 bits per heavy atom. The van der Waals surface area contributed by atoms with Crippen molar-refractivity contribution in [1.29, 1.82) is 0 Å². The van der Waals surface area contributed by atoms with E-state index in [2.05, 4.69) is 15.4 Å². The van der Waals surface area contributed by atoms with Crippen molar-refractivity contribution in [3.63, 3.8) is 0 Å². The number of aryl methyl sites for hydroxylation is 2. The van der Waals surface area contributed by atoms with Crippen LogP contribution in [0.3, 0.4) is 0 Å². The van der Waals surface area contributed by atoms with E-state index in [1.807, 2.05) is 6.07 Å². The Balaban J connectivity index is 1.66. The fourth-order valence-corrected chi connectivity index (χ4v) is 2.58. The molecule has 112 valence electrons. The fraction of sp³-hybridized carbons (Fsp3) is 0.467. The number of rotatable bonds is 4. The van der Waals surface area contributed by atoms with Crippen molar-refractivity contribution in [2.45, 2.75) is 33.2 Å². The van der Waals surface area contributed by atoms with Crippen LogP contribution in [0.25, 0.3) is 0 Å². The molecular formula is C15H19N3O3. The molecular weight excluding hydrogens is 270 g/mol. The normalized spacial score (nSPS) is 15.5. The molecule has 21 heavy (non-hydrogen) atoms. The first-order chi connectivity index (χ1) is 10.1. The van der Waals surface area contributed by atoms with E-state index < -0.39 is 0 Å². The molecule has 0 unspecified atom stereocenters. The minimum atomic E-state index is -0.280. The third-order valence-corrected chi connectivity index (χ3v) is 3.74. The van der Waals surface area contributed by atoms with Gasteiger partial charge in [0.25, 0.3) is 5.91 Å². The molecule has 0 radical (unpaired) electrons. The van der Waals surface area contributed by atoms with E-state index in [-0.39, 0.29) is 5.91 Å². The van der Waals surface area contributed by atoms with Crippen molar-refractivity contribution in [3.05, 3.63) is 35.1 Å². The van der Waals surface area contributed by atoms with Gasteiger partial charge in [0.15, 0.2) is 11.5 Å². The molecule has 1 fully saturated rings. The lowest BCUT2D eigenvalue weighted by atomic mass is 10.3. The van der Waals surface area contributed by atoms with E-state index in [0.717, 1.165) is 25.4 Å². The van der Waals surface area contributed by atoms with Crippen LogP contribution in [-0.4, -0.2) is 29.1 Å². The van der Waals surface area contributed by atoms with E-state index in [1.165, 1.54) is 12.8 Å². The molecule has 1 amide bonds. The predicted octanol–water partition coefficient (Wildman–Crippen LogP) is 2.73. The molecule has 1 aliphatic heterocycles. The summed E-state index contributed by atoms with van der Waals surface area (Å²) in [6.45, 7) is 6.50. The van der Waals surface area contributed by atoms with Gasteiger partial charge in [-0.15, -0.1) is 0 Å². The average Bonchev–Trinajstić information content (AvgIpc) is 3.18. The van der Waals surface area contributed by atoms with E-state index in [4.69, 9.17) is 8.94 Å². The summed E-state index contributed by atoms with van der Waals surface area (Å²) >= 11 is 0. The van der Waals surface area contributed by atoms with Crippen molar-refractivity contribution >= 4 is 11.6 Å². The van der Waals surface area contributed by atoms with Gasteiger partial charge in [0, 0.05) is 0 Å². The molecule has 0 bridgehead atoms. The standard InChI is InChI=1S/C15H19N3O3/c1-10-14(11(2)21-17-10)16-15(19)13-6-5-12(20-13)9-18-7-3-4-8-18/h5-6H,3-4,7-9H2,1-2H3,(H,16,19). The van der Waals surface area contributed by atoms with Crippen LogP contribution in [0, 0.1) is 13.8 Å². The summed E-state index contributed by atoms with van der Waals surface area (Å²) in [7, 11) is 0. The number of aromatic nitrogens is 1. The average molecular weight is 289 g/mol. The smallest absolute Gasteiger partial charge is 0.291 e. The minimum absolute atomic E-state index is 0.280. The number of nitrogens with one attached hydrogen (secondary N) is 1. The second kappa shape index (κ2) is 5.73. The van der Waals surface area contributed by atoms with Crippen LogP contribution in [0.5, 0.6) is 0 Å². The summed E-state index contributed by atoms with van der Waals surface area (Å²) in [6, 6.07) is 3.57. The molecule has 0 spiro atoms. The molecule has 6 nitrogen and oxygen atoms in total. The fourth-order valence-electron chi connectivity index (χ4n) is 2.58. The van der Waals surface area contributed by atoms with Gasteiger partial charge in [-0.3, -0.25) is 9.69 Å². The van der Waals surface area contributed by atoms with Gasteiger partial charge in [0.1, 0.15) is 17.1 Å². The lowest BCUT2D eigenvalue weighted by molar-refractivity contribution is 0.0993. The zero-order chi connectivity index (χ0) is 14.8. The van der Waals surface area contributed by atoms with Crippen LogP contribution < -0.4 is 5.32 Å². The van der Waals surface area contributed by atoms with Crippen molar-refractivity contribution in [1.82, 2.24) is 10.1 Å². The Labute approximate surface area is 123 Å². The molecule has 0 aliphatic carbocycles. The van der Waals surface area contributed by atoms with Crippen LogP contribution in [0.2, 0.25) is 0 Å². The van der Waals surface area contributed by atoms with Crippen LogP contribution in [0.1, 0.15) is 40.6 Å². The zero-order valence-electron chi connectivity index (χ0n) is 12.3. The van der Waals surface area contributed by atoms with Gasteiger partial charge in [0.2, 0.25) is 0 Å². The molecule has 1 N–H and O–H groups in total. The number of carbonyl (C=O) groups is 1. The number of amides is 1. The Kier molecular flexibility index (Phi) is 3.79. The first-order valence-electron chi connectivity index (χ1n) is 7.19. The summed E-state index contributed by atoms with van der Waals surface area (Å²) in [6.07, 6.45) is 2.47. The highest BCUT2D eigenvalue weighted by Gasteiger charge is 2.18. The summed E-state index contributed by atoms with van der Waals surface area (Å²) < 4.78 is 10.7. The first kappa shape index (κ1) is 13.9. The zero-order valence-corrected chi connectivity index (χ0v) is 12.3. The highest BCUT2D eigenvalue weighted by molar-refractivity contribution is 6.02. The molecule has 1 saturated heterocycles. The van der Waals surface area contributed by atoms with E-state index >= 15 is 0 Å². The van der Waals surface area contributed by atoms with Crippen LogP contribution in [0.15, 0.2) is 21.1 Å². The Hall–Kier alpha value is -2.08. The Bertz CT molecular complexity index is 619. The highest BCUT2D eigenvalue weighted by atomic mass is 16.5. The van der Waals surface area contributed by atoms with Gasteiger partial charge in [-0.2, -0.15) is 0 Å². The van der Waals surface area contributed by atoms with Crippen molar-refractivity contribution in [3.8, 4) is 0 Å². The van der Waals surface area contributed by atoms with Crippen molar-refractivity contribution in [2.75, 3.05) is 18.4 Å². The second-order valence-electron chi connectivity index (χ2n) is 5.40. The first-order valence-corrected chi connectivity index (χ1v) is 7.19. The molecule has 3 rings (SSSR count). The van der Waals surface area contributed by atoms with Crippen LogP contribution >= 0.6 is 0 Å². The van der Waals surface area contributed by atoms with Gasteiger partial charge in [0.05, 0.1) is 6.54 Å². The number of likely N-dealkylation sites (tertiary alicyclic amines) is 1. The van der Waals surface area contributed by atoms with Crippen LogP contribution in [0.4, 0.5) is 5.69 Å². The molecule has 2 aromatic rings. The number of nitrogens with zero attached hydrogens (tertiary/aromatic N) is 2. The quantitative estimate of drug-likeness (QED) is 0.937. The Morgan fingerprint density at radius 1 is 1.33 bits per heavy atom. The summed E-state index contributed by atoms with van der Waals surface area (Å²) in [5, 5.41) is 6.59. The summed E-state index contributed by atoms with van der Waals surface area (Å²) in [4.78, 5) is 14.5. The maximum atomic E-state index is 12.2. The number of furan rings is 1. The Morgan fingerprint density at radius 3 is 2.76 bits per heavy atom. The van der Waals surface area contributed by atoms with E-state index in [1.54, 1.807) is 19.9 Å². The highest BCUT2D eigenvalue weighted by Crippen LogP contribution is 2.21. The van der Waals surface area contributed by atoms with Gasteiger partial charge in [-0.05, 0) is 51.9 Å². The molecule has 0 atom stereocenters. The van der Waals surface area contributed by atoms with Gasteiger partial charge in [-0.1, -0.05) is 5.16 Å². The van der Waals surface area contributed by atoms with E-state index in [0.29, 0.717) is 22.9 Å². The number of carbonyl (C=O) groups excluding carboxylic acids is 1. The van der Waals surface area contributed by atoms with E-state index in [9.17, 15) is 4.79 Å². The van der Waals surface area contributed by atoms with Crippen molar-refractivity contribution < 1.29 is 13.7 Å². The number of hydrogen-bond donors (Lipinski definition) is 1. The third kappa shape index (κ3) is 3.00. The lowest BCUT2D eigenvalue weighted by Crippen LogP contribution is -2.18. The summed E-state index contributed by atoms with van der Waals surface area (Å²) in [5.41, 5.74) is 1.27. The molecule has 1 aliphatic rings.